The second-order valence-corrected chi connectivity index (χ2v) is 3.40. The average molecular weight is 236 g/mol. The van der Waals surface area contributed by atoms with Gasteiger partial charge in [0.05, 0.1) is 16.2 Å². The molecule has 1 heterocycles. The zero-order chi connectivity index (χ0) is 11.5. The molecule has 6 heteroatoms. The maximum absolute atomic E-state index is 10.8. The van der Waals surface area contributed by atoms with E-state index in [-0.39, 0.29) is 10.8 Å². The molecule has 0 aliphatic heterocycles. The summed E-state index contributed by atoms with van der Waals surface area (Å²) in [5.41, 5.74) is 0.854. The van der Waals surface area contributed by atoms with Crippen molar-refractivity contribution in [3.63, 3.8) is 0 Å². The van der Waals surface area contributed by atoms with Crippen molar-refractivity contribution in [3.05, 3.63) is 51.7 Å². The van der Waals surface area contributed by atoms with Crippen LogP contribution in [0, 0.1) is 10.1 Å². The van der Waals surface area contributed by atoms with Gasteiger partial charge in [0.15, 0.2) is 5.15 Å². The van der Waals surface area contributed by atoms with Crippen LogP contribution in [-0.4, -0.2) is 15.1 Å². The maximum atomic E-state index is 10.8. The van der Waals surface area contributed by atoms with Crippen LogP contribution in [0.5, 0.6) is 0 Å². The van der Waals surface area contributed by atoms with E-state index in [9.17, 15) is 10.1 Å². The first kappa shape index (κ1) is 10.5. The van der Waals surface area contributed by atoms with Crippen molar-refractivity contribution in [3.8, 4) is 11.3 Å². The first-order valence-corrected chi connectivity index (χ1v) is 4.79. The summed E-state index contributed by atoms with van der Waals surface area (Å²) in [4.78, 5) is 10.3. The van der Waals surface area contributed by atoms with Gasteiger partial charge in [-0.1, -0.05) is 23.7 Å². The summed E-state index contributed by atoms with van der Waals surface area (Å²) in [7, 11) is 0. The van der Waals surface area contributed by atoms with E-state index >= 15 is 0 Å². The SMILES string of the molecule is O=[N+]([O-])c1ccccc1-c1ccc(Cl)nn1. The number of hydrogen-bond donors (Lipinski definition) is 0. The minimum atomic E-state index is -0.453. The smallest absolute Gasteiger partial charge is 0.258 e. The predicted octanol–water partition coefficient (Wildman–Crippen LogP) is 2.71. The van der Waals surface area contributed by atoms with Crippen LogP contribution >= 0.6 is 11.6 Å². The van der Waals surface area contributed by atoms with E-state index in [1.165, 1.54) is 6.07 Å². The van der Waals surface area contributed by atoms with E-state index in [4.69, 9.17) is 11.6 Å². The Kier molecular flexibility index (Phi) is 2.78. The topological polar surface area (TPSA) is 68.9 Å². The molecule has 0 N–H and O–H groups in total. The Morgan fingerprint density at radius 2 is 1.88 bits per heavy atom. The van der Waals surface area contributed by atoms with Gasteiger partial charge in [0.1, 0.15) is 0 Å². The molecule has 0 amide bonds. The van der Waals surface area contributed by atoms with Crippen LogP contribution in [0.2, 0.25) is 5.15 Å². The number of nitrogens with zero attached hydrogens (tertiary/aromatic N) is 3. The van der Waals surface area contributed by atoms with Crippen LogP contribution in [-0.2, 0) is 0 Å². The zero-order valence-electron chi connectivity index (χ0n) is 8.00. The van der Waals surface area contributed by atoms with Crippen molar-refractivity contribution in [2.24, 2.45) is 0 Å². The summed E-state index contributed by atoms with van der Waals surface area (Å²) < 4.78 is 0. The monoisotopic (exact) mass is 235 g/mol. The van der Waals surface area contributed by atoms with Gasteiger partial charge in [-0.3, -0.25) is 10.1 Å². The molecule has 2 aromatic rings. The molecule has 80 valence electrons. The quantitative estimate of drug-likeness (QED) is 0.593. The number of nitro groups is 1. The molecular weight excluding hydrogens is 230 g/mol. The Morgan fingerprint density at radius 1 is 1.12 bits per heavy atom. The molecule has 16 heavy (non-hydrogen) atoms. The molecule has 0 saturated carbocycles. The minimum Gasteiger partial charge on any atom is -0.258 e. The Bertz CT molecular complexity index is 528. The van der Waals surface area contributed by atoms with Crippen molar-refractivity contribution >= 4 is 17.3 Å². The number of para-hydroxylation sites is 1. The number of aromatic nitrogens is 2. The highest BCUT2D eigenvalue weighted by Crippen LogP contribution is 2.27. The molecule has 1 aromatic carbocycles. The first-order chi connectivity index (χ1) is 7.68. The summed E-state index contributed by atoms with van der Waals surface area (Å²) in [5.74, 6) is 0. The summed E-state index contributed by atoms with van der Waals surface area (Å²) in [6, 6.07) is 9.49. The lowest BCUT2D eigenvalue weighted by Crippen LogP contribution is -1.94. The van der Waals surface area contributed by atoms with Gasteiger partial charge in [0, 0.05) is 6.07 Å². The van der Waals surface area contributed by atoms with Crippen LogP contribution in [0.3, 0.4) is 0 Å². The molecule has 0 aliphatic rings. The number of rotatable bonds is 2. The number of hydrogen-bond acceptors (Lipinski definition) is 4. The number of halogens is 1. The Morgan fingerprint density at radius 3 is 2.50 bits per heavy atom. The van der Waals surface area contributed by atoms with Crippen LogP contribution in [0.25, 0.3) is 11.3 Å². The van der Waals surface area contributed by atoms with E-state index in [0.717, 1.165) is 0 Å². The molecule has 0 spiro atoms. The first-order valence-electron chi connectivity index (χ1n) is 4.41. The molecular formula is C10H6ClN3O2. The van der Waals surface area contributed by atoms with Crippen LogP contribution in [0.15, 0.2) is 36.4 Å². The predicted molar refractivity (Wildman–Crippen MR) is 59.1 cm³/mol. The maximum Gasteiger partial charge on any atom is 0.278 e. The highest BCUT2D eigenvalue weighted by Gasteiger charge is 2.15. The van der Waals surface area contributed by atoms with Gasteiger partial charge in [0.2, 0.25) is 0 Å². The molecule has 0 radical (unpaired) electrons. The van der Waals surface area contributed by atoms with Gasteiger partial charge < -0.3 is 0 Å². The largest absolute Gasteiger partial charge is 0.278 e. The molecule has 0 atom stereocenters. The summed E-state index contributed by atoms with van der Waals surface area (Å²) in [6.45, 7) is 0. The molecule has 0 aliphatic carbocycles. The summed E-state index contributed by atoms with van der Waals surface area (Å²) in [5, 5.41) is 18.5. The lowest BCUT2D eigenvalue weighted by molar-refractivity contribution is -0.384. The van der Waals surface area contributed by atoms with Gasteiger partial charge in [-0.25, -0.2) is 0 Å². The van der Waals surface area contributed by atoms with Crippen molar-refractivity contribution in [1.82, 2.24) is 10.2 Å². The zero-order valence-corrected chi connectivity index (χ0v) is 8.76. The molecule has 2 rings (SSSR count). The normalized spacial score (nSPS) is 10.1. The Balaban J connectivity index is 2.55. The fourth-order valence-electron chi connectivity index (χ4n) is 1.31. The Hall–Kier alpha value is -2.01. The number of benzene rings is 1. The minimum absolute atomic E-state index is 0.000813. The second kappa shape index (κ2) is 4.24. The molecule has 0 saturated heterocycles. The lowest BCUT2D eigenvalue weighted by Gasteiger charge is -2.00. The third-order valence-electron chi connectivity index (χ3n) is 2.01. The van der Waals surface area contributed by atoms with E-state index in [0.29, 0.717) is 11.3 Å². The summed E-state index contributed by atoms with van der Waals surface area (Å²) in [6.07, 6.45) is 0. The van der Waals surface area contributed by atoms with E-state index in [1.807, 2.05) is 0 Å². The number of nitro benzene ring substituents is 1. The highest BCUT2D eigenvalue weighted by molar-refractivity contribution is 6.29. The van der Waals surface area contributed by atoms with Gasteiger partial charge in [0.25, 0.3) is 5.69 Å². The van der Waals surface area contributed by atoms with Crippen LogP contribution in [0.1, 0.15) is 0 Å². The second-order valence-electron chi connectivity index (χ2n) is 3.02. The van der Waals surface area contributed by atoms with E-state index in [1.54, 1.807) is 30.3 Å². The molecule has 0 unspecified atom stereocenters. The van der Waals surface area contributed by atoms with Crippen LogP contribution < -0.4 is 0 Å². The highest BCUT2D eigenvalue weighted by atomic mass is 35.5. The molecule has 1 aromatic heterocycles. The molecule has 0 fully saturated rings. The summed E-state index contributed by atoms with van der Waals surface area (Å²) >= 11 is 5.59. The lowest BCUT2D eigenvalue weighted by atomic mass is 10.1. The Labute approximate surface area is 95.9 Å². The van der Waals surface area contributed by atoms with Gasteiger partial charge >= 0.3 is 0 Å². The van der Waals surface area contributed by atoms with Gasteiger partial charge in [-0.2, -0.15) is 0 Å². The van der Waals surface area contributed by atoms with E-state index < -0.39 is 4.92 Å². The van der Waals surface area contributed by atoms with Crippen molar-refractivity contribution < 1.29 is 4.92 Å². The average Bonchev–Trinajstić information content (AvgIpc) is 2.30. The van der Waals surface area contributed by atoms with Crippen molar-refractivity contribution in [2.45, 2.75) is 0 Å². The fourth-order valence-corrected chi connectivity index (χ4v) is 1.41. The van der Waals surface area contributed by atoms with Gasteiger partial charge in [-0.05, 0) is 18.2 Å². The fraction of sp³-hybridized carbons (Fsp3) is 0. The van der Waals surface area contributed by atoms with Gasteiger partial charge in [-0.15, -0.1) is 10.2 Å². The standard InChI is InChI=1S/C10H6ClN3O2/c11-10-6-5-8(12-13-10)7-3-1-2-4-9(7)14(15)16/h1-6H. The van der Waals surface area contributed by atoms with Crippen molar-refractivity contribution in [1.29, 1.82) is 0 Å². The third kappa shape index (κ3) is 1.99. The van der Waals surface area contributed by atoms with E-state index in [2.05, 4.69) is 10.2 Å². The van der Waals surface area contributed by atoms with Crippen LogP contribution in [0.4, 0.5) is 5.69 Å². The van der Waals surface area contributed by atoms with Crippen molar-refractivity contribution in [2.75, 3.05) is 0 Å². The molecule has 5 nitrogen and oxygen atoms in total. The third-order valence-corrected chi connectivity index (χ3v) is 2.21. The molecule has 0 bridgehead atoms.